The second-order valence-electron chi connectivity index (χ2n) is 4.95. The van der Waals surface area contributed by atoms with E-state index in [1.54, 1.807) is 16.9 Å². The molecule has 0 unspecified atom stereocenters. The van der Waals surface area contributed by atoms with Gasteiger partial charge in [-0.1, -0.05) is 19.9 Å². The maximum absolute atomic E-state index is 13.6. The lowest BCUT2D eigenvalue weighted by molar-refractivity contribution is 0.0983. The Labute approximate surface area is 122 Å². The molecule has 0 saturated carbocycles. The first-order valence-corrected chi connectivity index (χ1v) is 7.08. The van der Waals surface area contributed by atoms with E-state index in [0.717, 1.165) is 25.0 Å². The molecule has 0 atom stereocenters. The van der Waals surface area contributed by atoms with Gasteiger partial charge >= 0.3 is 0 Å². The Morgan fingerprint density at radius 3 is 2.38 bits per heavy atom. The normalized spacial score (nSPS) is 11.1. The van der Waals surface area contributed by atoms with Gasteiger partial charge in [-0.15, -0.1) is 0 Å². The number of aromatic nitrogens is 2. The number of ketones is 1. The molecule has 0 aliphatic rings. The fraction of sp³-hybridized carbons (Fsp3) is 0.375. The van der Waals surface area contributed by atoms with Gasteiger partial charge in [-0.2, -0.15) is 5.10 Å². The molecule has 0 aliphatic carbocycles. The Morgan fingerprint density at radius 1 is 1.19 bits per heavy atom. The zero-order valence-electron chi connectivity index (χ0n) is 12.1. The third-order valence-corrected chi connectivity index (χ3v) is 3.56. The maximum Gasteiger partial charge on any atom is 0.174 e. The van der Waals surface area contributed by atoms with Gasteiger partial charge in [0.05, 0.1) is 23.7 Å². The van der Waals surface area contributed by atoms with Gasteiger partial charge in [0.2, 0.25) is 0 Å². The minimum atomic E-state index is -0.834. The van der Waals surface area contributed by atoms with Crippen LogP contribution in [-0.4, -0.2) is 15.6 Å². The highest BCUT2D eigenvalue weighted by Crippen LogP contribution is 2.17. The van der Waals surface area contributed by atoms with Crippen molar-refractivity contribution in [3.05, 3.63) is 53.4 Å². The fourth-order valence-electron chi connectivity index (χ4n) is 2.35. The summed E-state index contributed by atoms with van der Waals surface area (Å²) in [4.78, 5) is 12.0. The number of carbonyl (C=O) groups excluding carboxylic acids is 1. The van der Waals surface area contributed by atoms with Crippen LogP contribution in [0.4, 0.5) is 8.78 Å². The van der Waals surface area contributed by atoms with Crippen LogP contribution in [0.2, 0.25) is 0 Å². The second-order valence-corrected chi connectivity index (χ2v) is 4.95. The largest absolute Gasteiger partial charge is 0.294 e. The van der Waals surface area contributed by atoms with Crippen LogP contribution in [0.1, 0.15) is 48.8 Å². The summed E-state index contributed by atoms with van der Waals surface area (Å²) in [6.07, 6.45) is 3.57. The molecule has 0 bridgehead atoms. The predicted octanol–water partition coefficient (Wildman–Crippen LogP) is 3.95. The Kier molecular flexibility index (Phi) is 4.83. The first kappa shape index (κ1) is 15.4. The van der Waals surface area contributed by atoms with Crippen molar-refractivity contribution in [2.75, 3.05) is 0 Å². The summed E-state index contributed by atoms with van der Waals surface area (Å²) in [6, 6.07) is 5.40. The van der Waals surface area contributed by atoms with Crippen LogP contribution >= 0.6 is 0 Å². The quantitative estimate of drug-likeness (QED) is 0.756. The molecule has 3 nitrogen and oxygen atoms in total. The molecule has 1 aromatic heterocycles. The Balaban J connectivity index is 2.17. The van der Waals surface area contributed by atoms with Crippen LogP contribution in [0.15, 0.2) is 30.5 Å². The van der Waals surface area contributed by atoms with Gasteiger partial charge in [-0.25, -0.2) is 8.78 Å². The topological polar surface area (TPSA) is 34.9 Å². The van der Waals surface area contributed by atoms with E-state index < -0.39 is 23.0 Å². The van der Waals surface area contributed by atoms with Gasteiger partial charge in [-0.05, 0) is 31.0 Å². The molecule has 112 valence electrons. The molecular formula is C16H18F2N2O. The van der Waals surface area contributed by atoms with Crippen molar-refractivity contribution >= 4 is 5.78 Å². The highest BCUT2D eigenvalue weighted by molar-refractivity contribution is 5.97. The summed E-state index contributed by atoms with van der Waals surface area (Å²) in [5, 5.41) is 4.33. The van der Waals surface area contributed by atoms with Gasteiger partial charge in [0.25, 0.3) is 0 Å². The van der Waals surface area contributed by atoms with Crippen LogP contribution in [0.25, 0.3) is 0 Å². The summed E-state index contributed by atoms with van der Waals surface area (Å²) < 4.78 is 28.9. The van der Waals surface area contributed by atoms with Crippen molar-refractivity contribution in [1.82, 2.24) is 9.78 Å². The lowest BCUT2D eigenvalue weighted by atomic mass is 10.1. The summed E-state index contributed by atoms with van der Waals surface area (Å²) in [5.74, 6) is -2.26. The average molecular weight is 292 g/mol. The van der Waals surface area contributed by atoms with E-state index in [1.165, 1.54) is 6.07 Å². The van der Waals surface area contributed by atoms with Gasteiger partial charge in [-0.3, -0.25) is 9.48 Å². The molecule has 0 spiro atoms. The van der Waals surface area contributed by atoms with Gasteiger partial charge in [0.15, 0.2) is 5.78 Å². The van der Waals surface area contributed by atoms with Gasteiger partial charge in [0.1, 0.15) is 11.6 Å². The van der Waals surface area contributed by atoms with Crippen molar-refractivity contribution in [3.8, 4) is 0 Å². The van der Waals surface area contributed by atoms with E-state index in [2.05, 4.69) is 18.9 Å². The predicted molar refractivity (Wildman–Crippen MR) is 76.2 cm³/mol. The number of benzene rings is 1. The number of carbonyl (C=O) groups is 1. The first-order chi connectivity index (χ1) is 10.1. The average Bonchev–Trinajstić information content (AvgIpc) is 2.88. The van der Waals surface area contributed by atoms with Gasteiger partial charge < -0.3 is 0 Å². The molecule has 0 amide bonds. The Hall–Kier alpha value is -2.04. The molecule has 21 heavy (non-hydrogen) atoms. The number of hydrogen-bond donors (Lipinski definition) is 0. The van der Waals surface area contributed by atoms with Crippen LogP contribution < -0.4 is 0 Å². The summed E-state index contributed by atoms with van der Waals surface area (Å²) in [7, 11) is 0. The number of hydrogen-bond acceptors (Lipinski definition) is 2. The molecule has 0 fully saturated rings. The summed E-state index contributed by atoms with van der Waals surface area (Å²) in [5.41, 5.74) is 0.0316. The van der Waals surface area contributed by atoms with Crippen LogP contribution in [0, 0.1) is 11.6 Å². The van der Waals surface area contributed by atoms with Gasteiger partial charge in [0, 0.05) is 6.20 Å². The molecule has 2 aromatic rings. The van der Waals surface area contributed by atoms with Crippen molar-refractivity contribution in [3.63, 3.8) is 0 Å². The maximum atomic E-state index is 13.6. The lowest BCUT2D eigenvalue weighted by Gasteiger charge is -2.12. The van der Waals surface area contributed by atoms with Crippen molar-refractivity contribution in [2.45, 2.75) is 39.2 Å². The third-order valence-electron chi connectivity index (χ3n) is 3.56. The molecular weight excluding hydrogens is 274 g/mol. The minimum absolute atomic E-state index is 0.106. The highest BCUT2D eigenvalue weighted by Gasteiger charge is 2.18. The number of rotatable bonds is 6. The molecule has 2 rings (SSSR count). The van der Waals surface area contributed by atoms with Crippen molar-refractivity contribution < 1.29 is 13.6 Å². The van der Waals surface area contributed by atoms with E-state index in [-0.39, 0.29) is 12.5 Å². The number of halogens is 2. The molecule has 0 saturated heterocycles. The highest BCUT2D eigenvalue weighted by atomic mass is 19.1. The molecule has 0 N–H and O–H groups in total. The monoisotopic (exact) mass is 292 g/mol. The Bertz CT molecular complexity index is 613. The lowest BCUT2D eigenvalue weighted by Crippen LogP contribution is -2.11. The first-order valence-electron chi connectivity index (χ1n) is 7.08. The summed E-state index contributed by atoms with van der Waals surface area (Å²) in [6.45, 7) is 4.13. The van der Waals surface area contributed by atoms with E-state index in [4.69, 9.17) is 0 Å². The molecule has 5 heteroatoms. The van der Waals surface area contributed by atoms with Crippen LogP contribution in [0.5, 0.6) is 0 Å². The van der Waals surface area contributed by atoms with Crippen molar-refractivity contribution in [1.29, 1.82) is 0 Å². The third kappa shape index (κ3) is 3.35. The zero-order valence-corrected chi connectivity index (χ0v) is 12.1. The SMILES string of the molecule is CCC(CC)n1ccc(CC(=O)c2c(F)cccc2F)n1. The molecule has 1 aromatic carbocycles. The standard InChI is InChI=1S/C16H18F2N2O/c1-3-12(4-2)20-9-8-11(19-20)10-15(21)16-13(17)6-5-7-14(16)18/h5-9,12H,3-4,10H2,1-2H3. The van der Waals surface area contributed by atoms with E-state index in [0.29, 0.717) is 5.69 Å². The van der Waals surface area contributed by atoms with E-state index in [9.17, 15) is 13.6 Å². The van der Waals surface area contributed by atoms with E-state index >= 15 is 0 Å². The van der Waals surface area contributed by atoms with E-state index in [1.807, 2.05) is 0 Å². The van der Waals surface area contributed by atoms with Crippen LogP contribution in [0.3, 0.4) is 0 Å². The zero-order chi connectivity index (χ0) is 15.4. The smallest absolute Gasteiger partial charge is 0.174 e. The number of nitrogens with zero attached hydrogens (tertiary/aromatic N) is 2. The molecule has 1 heterocycles. The van der Waals surface area contributed by atoms with Crippen LogP contribution in [-0.2, 0) is 6.42 Å². The molecule has 0 radical (unpaired) electrons. The summed E-state index contributed by atoms with van der Waals surface area (Å²) >= 11 is 0. The fourth-order valence-corrected chi connectivity index (χ4v) is 2.35. The minimum Gasteiger partial charge on any atom is -0.294 e. The molecule has 0 aliphatic heterocycles. The Morgan fingerprint density at radius 2 is 1.81 bits per heavy atom. The van der Waals surface area contributed by atoms with Crippen molar-refractivity contribution in [2.24, 2.45) is 0 Å². The second kappa shape index (κ2) is 6.61. The number of Topliss-reactive ketones (excluding diaryl/α,β-unsaturated/α-hetero) is 1.